The highest BCUT2D eigenvalue weighted by atomic mass is 32.1. The number of aryl methyl sites for hydroxylation is 1. The fourth-order valence-corrected chi connectivity index (χ4v) is 4.14. The van der Waals surface area contributed by atoms with Gasteiger partial charge in [0.05, 0.1) is 6.61 Å². The second-order valence-corrected chi connectivity index (χ2v) is 8.08. The monoisotopic (exact) mass is 444 g/mol. The molecule has 2 aromatic heterocycles. The maximum atomic E-state index is 5.82. The minimum atomic E-state index is 0.651. The number of thiocarbonyl (C=S) groups is 1. The van der Waals surface area contributed by atoms with Gasteiger partial charge in [0, 0.05) is 47.8 Å². The van der Waals surface area contributed by atoms with E-state index in [2.05, 4.69) is 51.4 Å². The number of nitrogens with zero attached hydrogens (tertiary/aromatic N) is 2. The van der Waals surface area contributed by atoms with Crippen LogP contribution in [0.25, 0.3) is 10.9 Å². The van der Waals surface area contributed by atoms with E-state index in [1.54, 1.807) is 0 Å². The van der Waals surface area contributed by atoms with Crippen molar-refractivity contribution in [2.24, 2.45) is 0 Å². The van der Waals surface area contributed by atoms with Crippen molar-refractivity contribution in [3.05, 3.63) is 89.9 Å². The molecule has 0 bridgehead atoms. The lowest BCUT2D eigenvalue weighted by atomic mass is 10.1. The van der Waals surface area contributed by atoms with Crippen molar-refractivity contribution < 1.29 is 4.74 Å². The van der Waals surface area contributed by atoms with Gasteiger partial charge in [-0.25, -0.2) is 0 Å². The molecule has 5 nitrogen and oxygen atoms in total. The average molecular weight is 445 g/mol. The summed E-state index contributed by atoms with van der Waals surface area (Å²) in [7, 11) is 0. The first kappa shape index (κ1) is 21.8. The zero-order chi connectivity index (χ0) is 22.3. The molecule has 6 heteroatoms. The highest BCUT2D eigenvalue weighted by molar-refractivity contribution is 7.80. The van der Waals surface area contributed by atoms with Crippen molar-refractivity contribution in [3.8, 4) is 5.75 Å². The Hall–Kier alpha value is -3.38. The molecule has 2 heterocycles. The Morgan fingerprint density at radius 2 is 1.81 bits per heavy atom. The van der Waals surface area contributed by atoms with Crippen LogP contribution in [-0.2, 0) is 13.0 Å². The number of pyridine rings is 1. The van der Waals surface area contributed by atoms with Gasteiger partial charge in [-0.05, 0) is 86.1 Å². The summed E-state index contributed by atoms with van der Waals surface area (Å²) in [5.74, 6) is 0.854. The van der Waals surface area contributed by atoms with Crippen LogP contribution in [-0.4, -0.2) is 33.1 Å². The van der Waals surface area contributed by atoms with E-state index < -0.39 is 0 Å². The minimum absolute atomic E-state index is 0.651. The molecule has 32 heavy (non-hydrogen) atoms. The third kappa shape index (κ3) is 5.26. The summed E-state index contributed by atoms with van der Waals surface area (Å²) in [5.41, 5.74) is 5.84. The van der Waals surface area contributed by atoms with Gasteiger partial charge >= 0.3 is 0 Å². The standard InChI is InChI=1S/C26H28N4OS/c1-3-31-22-10-8-21(9-11-22)29-26(32)30(18-20-12-15-27-16-13-20)17-14-23-19(2)28-25-7-5-4-6-24(23)25/h4-13,15-16,28H,3,14,17-18H2,1-2H3,(H,29,32). The maximum absolute atomic E-state index is 5.82. The fraction of sp³-hybridized carbons (Fsp3) is 0.231. The van der Waals surface area contributed by atoms with Gasteiger partial charge in [-0.2, -0.15) is 0 Å². The van der Waals surface area contributed by atoms with E-state index in [0.29, 0.717) is 18.3 Å². The van der Waals surface area contributed by atoms with Crippen LogP contribution >= 0.6 is 12.2 Å². The van der Waals surface area contributed by atoms with Crippen LogP contribution in [0, 0.1) is 6.92 Å². The number of aromatic amines is 1. The first-order valence-electron chi connectivity index (χ1n) is 10.9. The lowest BCUT2D eigenvalue weighted by molar-refractivity contribution is 0.340. The summed E-state index contributed by atoms with van der Waals surface area (Å²) in [5, 5.41) is 5.37. The molecule has 0 unspecified atom stereocenters. The van der Waals surface area contributed by atoms with Crippen molar-refractivity contribution in [3.63, 3.8) is 0 Å². The average Bonchev–Trinajstić information content (AvgIpc) is 3.13. The molecule has 4 aromatic rings. The number of anilines is 1. The fourth-order valence-electron chi connectivity index (χ4n) is 3.87. The molecular weight excluding hydrogens is 416 g/mol. The summed E-state index contributed by atoms with van der Waals surface area (Å²) in [6.45, 7) is 6.28. The number of rotatable bonds is 8. The molecule has 0 aliphatic carbocycles. The van der Waals surface area contributed by atoms with Crippen molar-refractivity contribution in [1.82, 2.24) is 14.9 Å². The lowest BCUT2D eigenvalue weighted by Gasteiger charge is -2.26. The second-order valence-electron chi connectivity index (χ2n) is 7.69. The van der Waals surface area contributed by atoms with Gasteiger partial charge in [0.2, 0.25) is 0 Å². The molecule has 0 saturated heterocycles. The topological polar surface area (TPSA) is 53.2 Å². The van der Waals surface area contributed by atoms with Gasteiger partial charge in [0.25, 0.3) is 0 Å². The lowest BCUT2D eigenvalue weighted by Crippen LogP contribution is -2.36. The van der Waals surface area contributed by atoms with E-state index in [9.17, 15) is 0 Å². The number of benzene rings is 2. The van der Waals surface area contributed by atoms with E-state index in [1.807, 2.05) is 55.7 Å². The number of ether oxygens (including phenoxy) is 1. The highest BCUT2D eigenvalue weighted by Gasteiger charge is 2.14. The van der Waals surface area contributed by atoms with Crippen molar-refractivity contribution in [1.29, 1.82) is 0 Å². The smallest absolute Gasteiger partial charge is 0.173 e. The Morgan fingerprint density at radius 3 is 2.56 bits per heavy atom. The van der Waals surface area contributed by atoms with Crippen LogP contribution in [0.3, 0.4) is 0 Å². The number of aromatic nitrogens is 2. The van der Waals surface area contributed by atoms with E-state index >= 15 is 0 Å². The normalized spacial score (nSPS) is 10.8. The van der Waals surface area contributed by atoms with Crippen LogP contribution in [0.1, 0.15) is 23.7 Å². The zero-order valence-electron chi connectivity index (χ0n) is 18.5. The second kappa shape index (κ2) is 10.3. The van der Waals surface area contributed by atoms with Crippen molar-refractivity contribution in [2.45, 2.75) is 26.8 Å². The van der Waals surface area contributed by atoms with E-state index in [1.165, 1.54) is 27.7 Å². The summed E-state index contributed by atoms with van der Waals surface area (Å²) in [4.78, 5) is 9.85. The van der Waals surface area contributed by atoms with E-state index in [4.69, 9.17) is 17.0 Å². The number of fused-ring (bicyclic) bond motifs is 1. The molecule has 0 aliphatic heterocycles. The van der Waals surface area contributed by atoms with E-state index in [-0.39, 0.29) is 0 Å². The summed E-state index contributed by atoms with van der Waals surface area (Å²) in [6, 6.07) is 20.4. The van der Waals surface area contributed by atoms with Gasteiger partial charge in [-0.3, -0.25) is 4.98 Å². The third-order valence-corrected chi connectivity index (χ3v) is 5.85. The maximum Gasteiger partial charge on any atom is 0.173 e. The Bertz CT molecular complexity index is 1170. The quantitative estimate of drug-likeness (QED) is 0.341. The molecule has 0 radical (unpaired) electrons. The molecule has 4 rings (SSSR count). The van der Waals surface area contributed by atoms with Crippen molar-refractivity contribution >= 4 is 33.9 Å². The number of H-pyrrole nitrogens is 1. The van der Waals surface area contributed by atoms with E-state index in [0.717, 1.165) is 24.4 Å². The number of hydrogen-bond donors (Lipinski definition) is 2. The SMILES string of the molecule is CCOc1ccc(NC(=S)N(CCc2c(C)[nH]c3ccccc23)Cc2ccncc2)cc1. The molecule has 0 aliphatic rings. The molecule has 0 spiro atoms. The Morgan fingerprint density at radius 1 is 1.06 bits per heavy atom. The Kier molecular flexibility index (Phi) is 7.02. The first-order valence-corrected chi connectivity index (χ1v) is 11.3. The molecule has 0 fully saturated rings. The van der Waals surface area contributed by atoms with Gasteiger partial charge in [0.15, 0.2) is 5.11 Å². The number of hydrogen-bond acceptors (Lipinski definition) is 3. The van der Waals surface area contributed by atoms with Gasteiger partial charge in [-0.15, -0.1) is 0 Å². The predicted molar refractivity (Wildman–Crippen MR) is 135 cm³/mol. The molecule has 164 valence electrons. The van der Waals surface area contributed by atoms with Gasteiger partial charge in [0.1, 0.15) is 5.75 Å². The molecule has 0 amide bonds. The van der Waals surface area contributed by atoms with Crippen LogP contribution in [0.2, 0.25) is 0 Å². The molecule has 2 N–H and O–H groups in total. The summed E-state index contributed by atoms with van der Waals surface area (Å²) < 4.78 is 5.54. The molecular formula is C26H28N4OS. The molecule has 0 atom stereocenters. The molecule has 2 aromatic carbocycles. The van der Waals surface area contributed by atoms with Crippen LogP contribution in [0.5, 0.6) is 5.75 Å². The molecule has 0 saturated carbocycles. The Balaban J connectivity index is 1.51. The highest BCUT2D eigenvalue weighted by Crippen LogP contribution is 2.23. The Labute approximate surface area is 194 Å². The minimum Gasteiger partial charge on any atom is -0.494 e. The summed E-state index contributed by atoms with van der Waals surface area (Å²) >= 11 is 5.82. The first-order chi connectivity index (χ1) is 15.6. The third-order valence-electron chi connectivity index (χ3n) is 5.49. The van der Waals surface area contributed by atoms with Gasteiger partial charge < -0.3 is 19.9 Å². The van der Waals surface area contributed by atoms with Crippen LogP contribution in [0.15, 0.2) is 73.1 Å². The predicted octanol–water partition coefficient (Wildman–Crippen LogP) is 5.71. The number of para-hydroxylation sites is 1. The summed E-state index contributed by atoms with van der Waals surface area (Å²) in [6.07, 6.45) is 4.53. The number of nitrogens with one attached hydrogen (secondary N) is 2. The van der Waals surface area contributed by atoms with Gasteiger partial charge in [-0.1, -0.05) is 18.2 Å². The van der Waals surface area contributed by atoms with Crippen LogP contribution < -0.4 is 10.1 Å². The van der Waals surface area contributed by atoms with Crippen LogP contribution in [0.4, 0.5) is 5.69 Å². The van der Waals surface area contributed by atoms with Crippen molar-refractivity contribution in [2.75, 3.05) is 18.5 Å². The largest absolute Gasteiger partial charge is 0.494 e. The zero-order valence-corrected chi connectivity index (χ0v) is 19.3.